The minimum atomic E-state index is -3.65. The van der Waals surface area contributed by atoms with Gasteiger partial charge in [0.15, 0.2) is 0 Å². The Morgan fingerprint density at radius 3 is 2.42 bits per heavy atom. The molecule has 0 saturated heterocycles. The third kappa shape index (κ3) is 2.23. The van der Waals surface area contributed by atoms with Crippen molar-refractivity contribution in [3.05, 3.63) is 54.9 Å². The summed E-state index contributed by atoms with van der Waals surface area (Å²) >= 11 is 0. The van der Waals surface area contributed by atoms with Crippen molar-refractivity contribution in [2.75, 3.05) is 0 Å². The molecular formula is C13H11N3O2S. The molecule has 0 bridgehead atoms. The zero-order chi connectivity index (χ0) is 13.5. The molecule has 3 rings (SSSR count). The third-order valence-corrected chi connectivity index (χ3v) is 3.77. The highest BCUT2D eigenvalue weighted by atomic mass is 32.2. The Morgan fingerprint density at radius 2 is 1.79 bits per heavy atom. The van der Waals surface area contributed by atoms with Crippen LogP contribution in [0.15, 0.2) is 59.8 Å². The minimum absolute atomic E-state index is 0.0972. The predicted molar refractivity (Wildman–Crippen MR) is 72.0 cm³/mol. The number of imidazole rings is 1. The summed E-state index contributed by atoms with van der Waals surface area (Å²) in [5.41, 5.74) is 2.47. The van der Waals surface area contributed by atoms with E-state index in [0.29, 0.717) is 0 Å². The van der Waals surface area contributed by atoms with Gasteiger partial charge in [0.1, 0.15) is 5.65 Å². The standard InChI is InChI=1S/C13H11N3O2S/c14-19(17,18)11-6-4-10(5-7-11)12-9-16-8-2-1-3-13(16)15-12/h1-9H,(H2,14,17,18). The van der Waals surface area contributed by atoms with Gasteiger partial charge in [-0.05, 0) is 24.3 Å². The Labute approximate surface area is 110 Å². The van der Waals surface area contributed by atoms with Crippen LogP contribution in [-0.2, 0) is 10.0 Å². The summed E-state index contributed by atoms with van der Waals surface area (Å²) in [5, 5.41) is 5.06. The molecule has 0 amide bonds. The van der Waals surface area contributed by atoms with Crippen molar-refractivity contribution in [3.63, 3.8) is 0 Å². The lowest BCUT2D eigenvalue weighted by atomic mass is 10.2. The second kappa shape index (κ2) is 4.18. The maximum absolute atomic E-state index is 11.2. The molecule has 0 fully saturated rings. The summed E-state index contributed by atoms with van der Waals surface area (Å²) in [5.74, 6) is 0. The SMILES string of the molecule is NS(=O)(=O)c1ccc(-c2cn3ccccc3n2)cc1. The number of hydrogen-bond acceptors (Lipinski definition) is 3. The van der Waals surface area contributed by atoms with E-state index >= 15 is 0 Å². The normalized spacial score (nSPS) is 11.8. The lowest BCUT2D eigenvalue weighted by molar-refractivity contribution is 0.598. The first-order valence-corrected chi connectivity index (χ1v) is 7.16. The van der Waals surface area contributed by atoms with Gasteiger partial charge in [-0.1, -0.05) is 18.2 Å². The lowest BCUT2D eigenvalue weighted by Gasteiger charge is -1.99. The number of pyridine rings is 1. The number of benzene rings is 1. The molecular weight excluding hydrogens is 262 g/mol. The number of fused-ring (bicyclic) bond motifs is 1. The van der Waals surface area contributed by atoms with Crippen LogP contribution < -0.4 is 5.14 Å². The number of aromatic nitrogens is 2. The van der Waals surface area contributed by atoms with E-state index in [2.05, 4.69) is 4.98 Å². The third-order valence-electron chi connectivity index (χ3n) is 2.84. The molecule has 6 heteroatoms. The minimum Gasteiger partial charge on any atom is -0.306 e. The smallest absolute Gasteiger partial charge is 0.238 e. The molecule has 0 aliphatic heterocycles. The summed E-state index contributed by atoms with van der Waals surface area (Å²) in [6.45, 7) is 0. The summed E-state index contributed by atoms with van der Waals surface area (Å²) in [6.07, 6.45) is 3.80. The highest BCUT2D eigenvalue weighted by Gasteiger charge is 2.08. The maximum atomic E-state index is 11.2. The van der Waals surface area contributed by atoms with Crippen LogP contribution in [0.4, 0.5) is 0 Å². The average molecular weight is 273 g/mol. The number of sulfonamides is 1. The van der Waals surface area contributed by atoms with Gasteiger partial charge in [-0.25, -0.2) is 18.5 Å². The van der Waals surface area contributed by atoms with Gasteiger partial charge in [0.2, 0.25) is 10.0 Å². The summed E-state index contributed by atoms with van der Waals surface area (Å²) in [6, 6.07) is 12.1. The van der Waals surface area contributed by atoms with E-state index in [1.807, 2.05) is 35.0 Å². The first-order chi connectivity index (χ1) is 9.04. The largest absolute Gasteiger partial charge is 0.306 e. The fourth-order valence-electron chi connectivity index (χ4n) is 1.89. The van der Waals surface area contributed by atoms with E-state index < -0.39 is 10.0 Å². The Balaban J connectivity index is 2.07. The highest BCUT2D eigenvalue weighted by molar-refractivity contribution is 7.89. The molecule has 2 aromatic heterocycles. The van der Waals surface area contributed by atoms with E-state index in [9.17, 15) is 8.42 Å². The van der Waals surface area contributed by atoms with Crippen LogP contribution in [0.5, 0.6) is 0 Å². The second-order valence-corrected chi connectivity index (χ2v) is 5.72. The van der Waals surface area contributed by atoms with Crippen molar-refractivity contribution in [3.8, 4) is 11.3 Å². The molecule has 0 unspecified atom stereocenters. The van der Waals surface area contributed by atoms with Gasteiger partial charge in [-0.15, -0.1) is 0 Å². The monoisotopic (exact) mass is 273 g/mol. The van der Waals surface area contributed by atoms with Gasteiger partial charge >= 0.3 is 0 Å². The fraction of sp³-hybridized carbons (Fsp3) is 0. The molecule has 0 spiro atoms. The lowest BCUT2D eigenvalue weighted by Crippen LogP contribution is -2.11. The topological polar surface area (TPSA) is 77.5 Å². The molecule has 2 N–H and O–H groups in total. The Kier molecular flexibility index (Phi) is 2.62. The predicted octanol–water partition coefficient (Wildman–Crippen LogP) is 1.65. The molecule has 0 atom stereocenters. The zero-order valence-corrected chi connectivity index (χ0v) is 10.7. The van der Waals surface area contributed by atoms with Crippen LogP contribution in [0.25, 0.3) is 16.9 Å². The van der Waals surface area contributed by atoms with Crippen molar-refractivity contribution in [2.45, 2.75) is 4.90 Å². The van der Waals surface area contributed by atoms with Crippen molar-refractivity contribution < 1.29 is 8.42 Å². The van der Waals surface area contributed by atoms with Crippen LogP contribution in [0.2, 0.25) is 0 Å². The van der Waals surface area contributed by atoms with Crippen LogP contribution in [-0.4, -0.2) is 17.8 Å². The molecule has 0 aliphatic rings. The molecule has 0 radical (unpaired) electrons. The molecule has 1 aromatic carbocycles. The molecule has 19 heavy (non-hydrogen) atoms. The van der Waals surface area contributed by atoms with E-state index in [-0.39, 0.29) is 4.90 Å². The zero-order valence-electron chi connectivity index (χ0n) is 9.89. The van der Waals surface area contributed by atoms with Gasteiger partial charge in [-0.3, -0.25) is 0 Å². The van der Waals surface area contributed by atoms with E-state index in [1.165, 1.54) is 12.1 Å². The molecule has 0 aliphatic carbocycles. The molecule has 2 heterocycles. The van der Waals surface area contributed by atoms with Crippen molar-refractivity contribution >= 4 is 15.7 Å². The molecule has 5 nitrogen and oxygen atoms in total. The van der Waals surface area contributed by atoms with Crippen molar-refractivity contribution in [1.29, 1.82) is 0 Å². The first-order valence-electron chi connectivity index (χ1n) is 5.61. The van der Waals surface area contributed by atoms with Gasteiger partial charge < -0.3 is 4.40 Å². The number of nitrogens with zero attached hydrogens (tertiary/aromatic N) is 2. The molecule has 0 saturated carbocycles. The fourth-order valence-corrected chi connectivity index (χ4v) is 2.40. The van der Waals surface area contributed by atoms with Crippen molar-refractivity contribution in [2.24, 2.45) is 5.14 Å². The van der Waals surface area contributed by atoms with Crippen LogP contribution in [0.1, 0.15) is 0 Å². The average Bonchev–Trinajstić information content (AvgIpc) is 2.81. The van der Waals surface area contributed by atoms with Gasteiger partial charge in [0.05, 0.1) is 10.6 Å². The van der Waals surface area contributed by atoms with Gasteiger partial charge in [0.25, 0.3) is 0 Å². The van der Waals surface area contributed by atoms with E-state index in [0.717, 1.165) is 16.9 Å². The number of rotatable bonds is 2. The Morgan fingerprint density at radius 1 is 1.05 bits per heavy atom. The number of primary sulfonamides is 1. The maximum Gasteiger partial charge on any atom is 0.238 e. The van der Waals surface area contributed by atoms with Crippen molar-refractivity contribution in [1.82, 2.24) is 9.38 Å². The Bertz CT molecular complexity index is 803. The first kappa shape index (κ1) is 11.9. The quantitative estimate of drug-likeness (QED) is 0.771. The number of hydrogen-bond donors (Lipinski definition) is 1. The summed E-state index contributed by atoms with van der Waals surface area (Å²) in [7, 11) is -3.65. The molecule has 96 valence electrons. The van der Waals surface area contributed by atoms with Crippen LogP contribution >= 0.6 is 0 Å². The summed E-state index contributed by atoms with van der Waals surface area (Å²) < 4.78 is 24.3. The van der Waals surface area contributed by atoms with Crippen LogP contribution in [0, 0.1) is 0 Å². The molecule has 3 aromatic rings. The van der Waals surface area contributed by atoms with E-state index in [1.54, 1.807) is 12.1 Å². The number of nitrogens with two attached hydrogens (primary N) is 1. The van der Waals surface area contributed by atoms with Gasteiger partial charge in [0, 0.05) is 18.0 Å². The van der Waals surface area contributed by atoms with Crippen LogP contribution in [0.3, 0.4) is 0 Å². The Hall–Kier alpha value is -2.18. The van der Waals surface area contributed by atoms with Gasteiger partial charge in [-0.2, -0.15) is 0 Å². The summed E-state index contributed by atoms with van der Waals surface area (Å²) in [4.78, 5) is 4.55. The second-order valence-electron chi connectivity index (χ2n) is 4.16. The van der Waals surface area contributed by atoms with E-state index in [4.69, 9.17) is 5.14 Å². The highest BCUT2D eigenvalue weighted by Crippen LogP contribution is 2.20.